The second kappa shape index (κ2) is 4.59. The lowest BCUT2D eigenvalue weighted by atomic mass is 10.0. The summed E-state index contributed by atoms with van der Waals surface area (Å²) in [5.74, 6) is 2.75. The number of H-pyrrole nitrogens is 1. The van der Waals surface area contributed by atoms with Crippen LogP contribution < -0.4 is 4.90 Å². The molecule has 0 radical (unpaired) electrons. The molecule has 0 aromatic carbocycles. The zero-order chi connectivity index (χ0) is 12.7. The van der Waals surface area contributed by atoms with Gasteiger partial charge in [-0.1, -0.05) is 0 Å². The van der Waals surface area contributed by atoms with Crippen LogP contribution in [0.4, 0.5) is 5.13 Å². The first-order chi connectivity index (χ1) is 9.42. The molecule has 1 saturated heterocycles. The molecule has 6 heteroatoms. The molecule has 1 N–H and O–H groups in total. The Kier molecular flexibility index (Phi) is 2.76. The quantitative estimate of drug-likeness (QED) is 0.935. The van der Waals surface area contributed by atoms with Gasteiger partial charge in [-0.3, -0.25) is 0 Å². The van der Waals surface area contributed by atoms with Crippen molar-refractivity contribution in [2.45, 2.75) is 44.1 Å². The largest absolute Gasteiger partial charge is 0.347 e. The summed E-state index contributed by atoms with van der Waals surface area (Å²) >= 11 is 1.55. The van der Waals surface area contributed by atoms with Crippen LogP contribution in [0, 0.1) is 0 Å². The predicted molar refractivity (Wildman–Crippen MR) is 74.4 cm³/mol. The lowest BCUT2D eigenvalue weighted by Gasteiger charge is -2.33. The van der Waals surface area contributed by atoms with E-state index >= 15 is 0 Å². The average Bonchev–Trinajstić information content (AvgIpc) is 2.97. The van der Waals surface area contributed by atoms with Crippen LogP contribution in [0.1, 0.15) is 55.7 Å². The van der Waals surface area contributed by atoms with Gasteiger partial charge in [-0.25, -0.2) is 9.97 Å². The van der Waals surface area contributed by atoms with Crippen molar-refractivity contribution in [3.63, 3.8) is 0 Å². The van der Waals surface area contributed by atoms with Crippen molar-refractivity contribution >= 4 is 16.7 Å². The van der Waals surface area contributed by atoms with Crippen molar-refractivity contribution in [1.29, 1.82) is 0 Å². The van der Waals surface area contributed by atoms with Crippen molar-refractivity contribution in [2.24, 2.45) is 0 Å². The van der Waals surface area contributed by atoms with Crippen LogP contribution in [0.25, 0.3) is 0 Å². The Balaban J connectivity index is 1.62. The van der Waals surface area contributed by atoms with E-state index in [0.29, 0.717) is 12.0 Å². The van der Waals surface area contributed by atoms with Crippen molar-refractivity contribution in [3.8, 4) is 0 Å². The highest BCUT2D eigenvalue weighted by Gasteiger charge is 2.32. The third-order valence-electron chi connectivity index (χ3n) is 3.96. The molecular formula is C13H17N5S. The molecule has 0 amide bonds. The highest BCUT2D eigenvalue weighted by molar-refractivity contribution is 7.09. The van der Waals surface area contributed by atoms with Crippen molar-refractivity contribution in [1.82, 2.24) is 19.3 Å². The molecule has 1 saturated carbocycles. The minimum atomic E-state index is 0.337. The molecule has 100 valence electrons. The average molecular weight is 275 g/mol. The number of hydrogen-bond acceptors (Lipinski definition) is 5. The number of aromatic amines is 1. The fourth-order valence-electron chi connectivity index (χ4n) is 2.75. The first-order valence-corrected chi connectivity index (χ1v) is 7.78. The molecular weight excluding hydrogens is 258 g/mol. The van der Waals surface area contributed by atoms with Crippen LogP contribution in [0.2, 0.25) is 0 Å². The van der Waals surface area contributed by atoms with Gasteiger partial charge in [0.05, 0.1) is 6.04 Å². The summed E-state index contributed by atoms with van der Waals surface area (Å²) in [6.45, 7) is 1.06. The number of rotatable bonds is 3. The molecule has 4 rings (SSSR count). The number of piperidine rings is 1. The van der Waals surface area contributed by atoms with Crippen molar-refractivity contribution in [2.75, 3.05) is 11.4 Å². The van der Waals surface area contributed by atoms with Gasteiger partial charge in [-0.05, 0) is 32.1 Å². The van der Waals surface area contributed by atoms with Crippen LogP contribution in [0.5, 0.6) is 0 Å². The van der Waals surface area contributed by atoms with Crippen LogP contribution in [-0.2, 0) is 0 Å². The molecule has 3 heterocycles. The Morgan fingerprint density at radius 2 is 2.21 bits per heavy atom. The topological polar surface area (TPSA) is 57.7 Å². The Morgan fingerprint density at radius 3 is 3.00 bits per heavy atom. The van der Waals surface area contributed by atoms with E-state index in [1.165, 1.54) is 25.7 Å². The molecule has 19 heavy (non-hydrogen) atoms. The van der Waals surface area contributed by atoms with Crippen molar-refractivity contribution in [3.05, 3.63) is 24.0 Å². The number of nitrogens with one attached hydrogen (secondary N) is 1. The summed E-state index contributed by atoms with van der Waals surface area (Å²) in [5.41, 5.74) is 0. The maximum absolute atomic E-state index is 4.75. The monoisotopic (exact) mass is 275 g/mol. The molecule has 2 fully saturated rings. The lowest BCUT2D eigenvalue weighted by molar-refractivity contribution is 0.458. The van der Waals surface area contributed by atoms with E-state index in [2.05, 4.69) is 19.2 Å². The molecule has 1 unspecified atom stereocenters. The second-order valence-electron chi connectivity index (χ2n) is 5.39. The zero-order valence-corrected chi connectivity index (χ0v) is 11.6. The highest BCUT2D eigenvalue weighted by Crippen LogP contribution is 2.41. The van der Waals surface area contributed by atoms with E-state index < -0.39 is 0 Å². The van der Waals surface area contributed by atoms with Gasteiger partial charge in [0.1, 0.15) is 11.6 Å². The van der Waals surface area contributed by atoms with E-state index in [1.54, 1.807) is 11.5 Å². The van der Waals surface area contributed by atoms with Gasteiger partial charge in [0.25, 0.3) is 0 Å². The first kappa shape index (κ1) is 11.4. The lowest BCUT2D eigenvalue weighted by Crippen LogP contribution is -2.33. The van der Waals surface area contributed by atoms with Gasteiger partial charge in [-0.2, -0.15) is 4.37 Å². The molecule has 2 aromatic rings. The highest BCUT2D eigenvalue weighted by atomic mass is 32.1. The number of imidazole rings is 1. The summed E-state index contributed by atoms with van der Waals surface area (Å²) in [7, 11) is 0. The summed E-state index contributed by atoms with van der Waals surface area (Å²) in [5, 5.41) is 1.07. The third-order valence-corrected chi connectivity index (χ3v) is 4.72. The number of aromatic nitrogens is 4. The van der Waals surface area contributed by atoms with E-state index in [4.69, 9.17) is 4.98 Å². The normalized spacial score (nSPS) is 23.8. The Bertz CT molecular complexity index is 545. The van der Waals surface area contributed by atoms with Gasteiger partial charge in [0.15, 0.2) is 0 Å². The first-order valence-electron chi connectivity index (χ1n) is 7.01. The fraction of sp³-hybridized carbons (Fsp3) is 0.615. The van der Waals surface area contributed by atoms with Crippen LogP contribution in [0.3, 0.4) is 0 Å². The molecule has 0 spiro atoms. The fourth-order valence-corrected chi connectivity index (χ4v) is 3.58. The molecule has 2 aliphatic rings. The third kappa shape index (κ3) is 2.14. The minimum Gasteiger partial charge on any atom is -0.347 e. The smallest absolute Gasteiger partial charge is 0.205 e. The molecule has 5 nitrogen and oxygen atoms in total. The summed E-state index contributed by atoms with van der Waals surface area (Å²) < 4.78 is 4.53. The SMILES string of the molecule is c1c[nH]c(C2CCCCN2c2nc(C3CC3)ns2)n1. The van der Waals surface area contributed by atoms with Crippen LogP contribution in [-0.4, -0.2) is 25.9 Å². The summed E-state index contributed by atoms with van der Waals surface area (Å²) in [4.78, 5) is 14.8. The van der Waals surface area contributed by atoms with E-state index in [1.807, 2.05) is 12.4 Å². The predicted octanol–water partition coefficient (Wildman–Crippen LogP) is 2.87. The Labute approximate surface area is 116 Å². The second-order valence-corrected chi connectivity index (χ2v) is 6.12. The molecule has 1 atom stereocenters. The van der Waals surface area contributed by atoms with Gasteiger partial charge in [-0.15, -0.1) is 0 Å². The molecule has 2 aromatic heterocycles. The van der Waals surface area contributed by atoms with E-state index in [0.717, 1.165) is 29.7 Å². The van der Waals surface area contributed by atoms with E-state index in [-0.39, 0.29) is 0 Å². The van der Waals surface area contributed by atoms with Crippen LogP contribution >= 0.6 is 11.5 Å². The van der Waals surface area contributed by atoms with Crippen molar-refractivity contribution < 1.29 is 0 Å². The van der Waals surface area contributed by atoms with Gasteiger partial charge >= 0.3 is 0 Å². The summed E-state index contributed by atoms with van der Waals surface area (Å²) in [6.07, 6.45) is 9.89. The Morgan fingerprint density at radius 1 is 1.26 bits per heavy atom. The number of nitrogens with zero attached hydrogens (tertiary/aromatic N) is 4. The van der Waals surface area contributed by atoms with Gasteiger partial charge in [0, 0.05) is 36.4 Å². The minimum absolute atomic E-state index is 0.337. The molecule has 0 bridgehead atoms. The number of anilines is 1. The standard InChI is InChI=1S/C13H17N5S/c1-2-8-18(10(3-1)12-14-6-7-15-12)13-16-11(17-19-13)9-4-5-9/h6-7,9-10H,1-5,8H2,(H,14,15). The van der Waals surface area contributed by atoms with Gasteiger partial charge < -0.3 is 9.88 Å². The Hall–Kier alpha value is -1.43. The maximum Gasteiger partial charge on any atom is 0.205 e. The van der Waals surface area contributed by atoms with E-state index in [9.17, 15) is 0 Å². The summed E-state index contributed by atoms with van der Waals surface area (Å²) in [6, 6.07) is 0.337. The van der Waals surface area contributed by atoms with Crippen LogP contribution in [0.15, 0.2) is 12.4 Å². The molecule has 1 aliphatic carbocycles. The van der Waals surface area contributed by atoms with Gasteiger partial charge in [0.2, 0.25) is 5.13 Å². The zero-order valence-electron chi connectivity index (χ0n) is 10.7. The maximum atomic E-state index is 4.75. The number of hydrogen-bond donors (Lipinski definition) is 1. The molecule has 1 aliphatic heterocycles.